The zero-order valence-corrected chi connectivity index (χ0v) is 10.9. The maximum Gasteiger partial charge on any atom is 0.0637 e. The van der Waals surface area contributed by atoms with Crippen molar-refractivity contribution in [3.8, 4) is 0 Å². The van der Waals surface area contributed by atoms with Gasteiger partial charge in [-0.15, -0.1) is 0 Å². The van der Waals surface area contributed by atoms with Gasteiger partial charge in [0, 0.05) is 27.3 Å². The van der Waals surface area contributed by atoms with Crippen molar-refractivity contribution in [3.05, 3.63) is 23.8 Å². The minimum absolute atomic E-state index is 0.678. The van der Waals surface area contributed by atoms with E-state index in [1.807, 2.05) is 13.0 Å². The standard InChI is InChI=1S/C13H22N2O2/c1-11-4-5-13(12(14)10-11)15(6-8-16-2)7-9-17-3/h4-5,10H,6-9,14H2,1-3H3. The molecule has 0 unspecified atom stereocenters. The number of nitrogens with zero attached hydrogens (tertiary/aromatic N) is 1. The number of aryl methyl sites for hydroxylation is 1. The highest BCUT2D eigenvalue weighted by atomic mass is 16.5. The van der Waals surface area contributed by atoms with Gasteiger partial charge in [-0.1, -0.05) is 6.07 Å². The fraction of sp³-hybridized carbons (Fsp3) is 0.538. The fourth-order valence-corrected chi connectivity index (χ4v) is 1.72. The first kappa shape index (κ1) is 13.8. The molecule has 1 aromatic rings. The summed E-state index contributed by atoms with van der Waals surface area (Å²) in [4.78, 5) is 2.18. The second-order valence-corrected chi connectivity index (χ2v) is 4.03. The van der Waals surface area contributed by atoms with Gasteiger partial charge in [0.05, 0.1) is 24.6 Å². The topological polar surface area (TPSA) is 47.7 Å². The first-order chi connectivity index (χ1) is 8.19. The van der Waals surface area contributed by atoms with E-state index in [4.69, 9.17) is 15.2 Å². The zero-order chi connectivity index (χ0) is 12.7. The number of anilines is 2. The average Bonchev–Trinajstić information content (AvgIpc) is 2.30. The highest BCUT2D eigenvalue weighted by molar-refractivity contribution is 5.68. The quantitative estimate of drug-likeness (QED) is 0.734. The lowest BCUT2D eigenvalue weighted by atomic mass is 10.2. The highest BCUT2D eigenvalue weighted by Gasteiger charge is 2.09. The molecule has 96 valence electrons. The molecule has 0 atom stereocenters. The van der Waals surface area contributed by atoms with Gasteiger partial charge in [-0.3, -0.25) is 0 Å². The molecule has 0 saturated heterocycles. The summed E-state index contributed by atoms with van der Waals surface area (Å²) in [5, 5.41) is 0. The predicted octanol–water partition coefficient (Wildman–Crippen LogP) is 1.68. The Labute approximate surface area is 103 Å². The molecule has 0 radical (unpaired) electrons. The van der Waals surface area contributed by atoms with E-state index in [1.54, 1.807) is 14.2 Å². The van der Waals surface area contributed by atoms with Crippen molar-refractivity contribution in [2.45, 2.75) is 6.92 Å². The molecular formula is C13H22N2O2. The van der Waals surface area contributed by atoms with Gasteiger partial charge in [0.15, 0.2) is 0 Å². The molecule has 0 bridgehead atoms. The van der Waals surface area contributed by atoms with Crippen LogP contribution in [0.4, 0.5) is 11.4 Å². The summed E-state index contributed by atoms with van der Waals surface area (Å²) in [5.74, 6) is 0. The number of benzene rings is 1. The maximum atomic E-state index is 6.04. The third-order valence-corrected chi connectivity index (χ3v) is 2.65. The molecule has 1 rings (SSSR count). The summed E-state index contributed by atoms with van der Waals surface area (Å²) < 4.78 is 10.2. The second kappa shape index (κ2) is 7.14. The van der Waals surface area contributed by atoms with E-state index in [0.717, 1.165) is 24.5 Å². The number of nitrogen functional groups attached to an aromatic ring is 1. The van der Waals surface area contributed by atoms with Gasteiger partial charge in [0.1, 0.15) is 0 Å². The van der Waals surface area contributed by atoms with Gasteiger partial charge in [-0.2, -0.15) is 0 Å². The Balaban J connectivity index is 2.79. The first-order valence-corrected chi connectivity index (χ1v) is 5.78. The molecule has 2 N–H and O–H groups in total. The first-order valence-electron chi connectivity index (χ1n) is 5.78. The number of rotatable bonds is 7. The van der Waals surface area contributed by atoms with Crippen LogP contribution in [0.2, 0.25) is 0 Å². The van der Waals surface area contributed by atoms with E-state index < -0.39 is 0 Å². The van der Waals surface area contributed by atoms with Crippen molar-refractivity contribution in [1.29, 1.82) is 0 Å². The minimum atomic E-state index is 0.678. The number of hydrogen-bond acceptors (Lipinski definition) is 4. The monoisotopic (exact) mass is 238 g/mol. The van der Waals surface area contributed by atoms with Crippen LogP contribution < -0.4 is 10.6 Å². The van der Waals surface area contributed by atoms with Crippen LogP contribution in [-0.4, -0.2) is 40.5 Å². The third kappa shape index (κ3) is 4.24. The van der Waals surface area contributed by atoms with Gasteiger partial charge in [0.25, 0.3) is 0 Å². The van der Waals surface area contributed by atoms with Gasteiger partial charge >= 0.3 is 0 Å². The molecule has 1 aromatic carbocycles. The van der Waals surface area contributed by atoms with Gasteiger partial charge in [0.2, 0.25) is 0 Å². The zero-order valence-electron chi connectivity index (χ0n) is 10.9. The molecule has 0 fully saturated rings. The Kier molecular flexibility index (Phi) is 5.80. The van der Waals surface area contributed by atoms with Crippen molar-refractivity contribution in [1.82, 2.24) is 0 Å². The van der Waals surface area contributed by atoms with Crippen LogP contribution in [0.1, 0.15) is 5.56 Å². The van der Waals surface area contributed by atoms with E-state index in [9.17, 15) is 0 Å². The summed E-state index contributed by atoms with van der Waals surface area (Å²) in [5.41, 5.74) is 9.06. The smallest absolute Gasteiger partial charge is 0.0637 e. The van der Waals surface area contributed by atoms with E-state index in [0.29, 0.717) is 13.2 Å². The molecular weight excluding hydrogens is 216 g/mol. The minimum Gasteiger partial charge on any atom is -0.397 e. The largest absolute Gasteiger partial charge is 0.397 e. The molecule has 0 spiro atoms. The van der Waals surface area contributed by atoms with Crippen molar-refractivity contribution < 1.29 is 9.47 Å². The molecule has 0 saturated carbocycles. The third-order valence-electron chi connectivity index (χ3n) is 2.65. The van der Waals surface area contributed by atoms with Crippen LogP contribution in [0.5, 0.6) is 0 Å². The Morgan fingerprint density at radius 3 is 2.18 bits per heavy atom. The van der Waals surface area contributed by atoms with Crippen LogP contribution in [0.3, 0.4) is 0 Å². The fourth-order valence-electron chi connectivity index (χ4n) is 1.72. The molecule has 0 amide bonds. The van der Waals surface area contributed by atoms with Crippen LogP contribution in [-0.2, 0) is 9.47 Å². The Morgan fingerprint density at radius 2 is 1.71 bits per heavy atom. The Hall–Kier alpha value is -1.26. The van der Waals surface area contributed by atoms with E-state index in [-0.39, 0.29) is 0 Å². The van der Waals surface area contributed by atoms with E-state index >= 15 is 0 Å². The van der Waals surface area contributed by atoms with Crippen molar-refractivity contribution in [2.75, 3.05) is 51.2 Å². The van der Waals surface area contributed by atoms with Crippen LogP contribution in [0.15, 0.2) is 18.2 Å². The van der Waals surface area contributed by atoms with Crippen LogP contribution in [0.25, 0.3) is 0 Å². The highest BCUT2D eigenvalue weighted by Crippen LogP contribution is 2.23. The number of ether oxygens (including phenoxy) is 2. The molecule has 0 aliphatic rings. The summed E-state index contributed by atoms with van der Waals surface area (Å²) >= 11 is 0. The molecule has 0 aliphatic heterocycles. The molecule has 4 heteroatoms. The summed E-state index contributed by atoms with van der Waals surface area (Å²) in [6, 6.07) is 6.11. The number of hydrogen-bond donors (Lipinski definition) is 1. The molecule has 0 aromatic heterocycles. The molecule has 17 heavy (non-hydrogen) atoms. The molecule has 4 nitrogen and oxygen atoms in total. The summed E-state index contributed by atoms with van der Waals surface area (Å²) in [7, 11) is 3.40. The van der Waals surface area contributed by atoms with Crippen LogP contribution in [0, 0.1) is 6.92 Å². The van der Waals surface area contributed by atoms with Gasteiger partial charge < -0.3 is 20.1 Å². The lowest BCUT2D eigenvalue weighted by Crippen LogP contribution is -2.31. The average molecular weight is 238 g/mol. The van der Waals surface area contributed by atoms with Crippen LogP contribution >= 0.6 is 0 Å². The van der Waals surface area contributed by atoms with Gasteiger partial charge in [-0.05, 0) is 24.6 Å². The van der Waals surface area contributed by atoms with E-state index in [1.165, 1.54) is 5.56 Å². The Morgan fingerprint density at radius 1 is 1.12 bits per heavy atom. The van der Waals surface area contributed by atoms with Crippen molar-refractivity contribution >= 4 is 11.4 Å². The van der Waals surface area contributed by atoms with Gasteiger partial charge in [-0.25, -0.2) is 0 Å². The summed E-state index contributed by atoms with van der Waals surface area (Å²) in [6.07, 6.45) is 0. The van der Waals surface area contributed by atoms with Crippen molar-refractivity contribution in [3.63, 3.8) is 0 Å². The Bertz CT molecular complexity index is 334. The SMILES string of the molecule is COCCN(CCOC)c1ccc(C)cc1N. The number of nitrogens with two attached hydrogens (primary N) is 1. The van der Waals surface area contributed by atoms with Crippen molar-refractivity contribution in [2.24, 2.45) is 0 Å². The lowest BCUT2D eigenvalue weighted by Gasteiger charge is -2.25. The normalized spacial score (nSPS) is 10.5. The second-order valence-electron chi connectivity index (χ2n) is 4.03. The lowest BCUT2D eigenvalue weighted by molar-refractivity contribution is 0.190. The number of methoxy groups -OCH3 is 2. The maximum absolute atomic E-state index is 6.04. The molecule has 0 heterocycles. The summed E-state index contributed by atoms with van der Waals surface area (Å²) in [6.45, 7) is 5.02. The molecule has 0 aliphatic carbocycles. The van der Waals surface area contributed by atoms with E-state index in [2.05, 4.69) is 17.0 Å². The predicted molar refractivity (Wildman–Crippen MR) is 71.6 cm³/mol.